The van der Waals surface area contributed by atoms with Gasteiger partial charge in [0, 0.05) is 11.3 Å². The van der Waals surface area contributed by atoms with E-state index in [4.69, 9.17) is 4.74 Å². The third-order valence-corrected chi connectivity index (χ3v) is 5.96. The van der Waals surface area contributed by atoms with Crippen LogP contribution in [0, 0.1) is 6.92 Å². The second-order valence-corrected chi connectivity index (χ2v) is 8.09. The van der Waals surface area contributed by atoms with Gasteiger partial charge in [-0.3, -0.25) is 4.57 Å². The highest BCUT2D eigenvalue weighted by Gasteiger charge is 2.30. The summed E-state index contributed by atoms with van der Waals surface area (Å²) in [4.78, 5) is 0. The molecule has 0 saturated heterocycles. The lowest BCUT2D eigenvalue weighted by Crippen LogP contribution is -2.05. The predicted molar refractivity (Wildman–Crippen MR) is 119 cm³/mol. The molecule has 0 aliphatic heterocycles. The molecule has 0 spiro atoms. The van der Waals surface area contributed by atoms with Crippen molar-refractivity contribution in [3.8, 4) is 22.8 Å². The van der Waals surface area contributed by atoms with Crippen LogP contribution < -0.4 is 4.74 Å². The maximum atomic E-state index is 13.1. The lowest BCUT2D eigenvalue weighted by molar-refractivity contribution is -0.137. The van der Waals surface area contributed by atoms with Crippen molar-refractivity contribution in [1.29, 1.82) is 0 Å². The third kappa shape index (κ3) is 4.65. The first-order chi connectivity index (χ1) is 15.4. The minimum atomic E-state index is -4.37. The zero-order valence-electron chi connectivity index (χ0n) is 17.4. The highest BCUT2D eigenvalue weighted by molar-refractivity contribution is 7.98. The topological polar surface area (TPSA) is 39.9 Å². The Kier molecular flexibility index (Phi) is 6.23. The highest BCUT2D eigenvalue weighted by Crippen LogP contribution is 2.33. The molecule has 0 saturated carbocycles. The second kappa shape index (κ2) is 9.08. The number of aryl methyl sites for hydroxylation is 1. The molecule has 0 bridgehead atoms. The van der Waals surface area contributed by atoms with E-state index in [0.717, 1.165) is 28.6 Å². The number of hydrogen-bond donors (Lipinski definition) is 0. The summed E-state index contributed by atoms with van der Waals surface area (Å²) in [7, 11) is 1.60. The minimum Gasteiger partial charge on any atom is -0.497 e. The minimum absolute atomic E-state index is 0.330. The predicted octanol–water partition coefficient (Wildman–Crippen LogP) is 6.56. The van der Waals surface area contributed by atoms with Crippen LogP contribution in [0.3, 0.4) is 0 Å². The Morgan fingerprint density at radius 2 is 1.69 bits per heavy atom. The molecule has 164 valence electrons. The molecule has 0 amide bonds. The first-order valence-corrected chi connectivity index (χ1v) is 10.8. The van der Waals surface area contributed by atoms with Crippen LogP contribution >= 0.6 is 11.8 Å². The molecule has 32 heavy (non-hydrogen) atoms. The Morgan fingerprint density at radius 3 is 2.38 bits per heavy atom. The number of nitrogens with zero attached hydrogens (tertiary/aromatic N) is 3. The molecule has 0 atom stereocenters. The molecule has 0 fully saturated rings. The smallest absolute Gasteiger partial charge is 0.416 e. The van der Waals surface area contributed by atoms with Crippen molar-refractivity contribution in [1.82, 2.24) is 14.8 Å². The van der Waals surface area contributed by atoms with E-state index < -0.39 is 11.7 Å². The van der Waals surface area contributed by atoms with Gasteiger partial charge in [-0.05, 0) is 54.4 Å². The molecular formula is C24H20F3N3OS. The quantitative estimate of drug-likeness (QED) is 0.309. The maximum absolute atomic E-state index is 13.1. The molecule has 4 rings (SSSR count). The number of aromatic nitrogens is 3. The van der Waals surface area contributed by atoms with E-state index >= 15 is 0 Å². The van der Waals surface area contributed by atoms with E-state index in [1.165, 1.54) is 23.9 Å². The van der Waals surface area contributed by atoms with Gasteiger partial charge in [0.2, 0.25) is 0 Å². The van der Waals surface area contributed by atoms with Crippen LogP contribution in [-0.2, 0) is 11.9 Å². The summed E-state index contributed by atoms with van der Waals surface area (Å²) in [6, 6.07) is 20.7. The highest BCUT2D eigenvalue weighted by atomic mass is 32.2. The molecule has 1 heterocycles. The first-order valence-electron chi connectivity index (χ1n) is 9.81. The molecule has 4 aromatic rings. The number of para-hydroxylation sites is 1. The number of hydrogen-bond acceptors (Lipinski definition) is 4. The van der Waals surface area contributed by atoms with Gasteiger partial charge in [0.15, 0.2) is 11.0 Å². The van der Waals surface area contributed by atoms with Crippen molar-refractivity contribution in [2.24, 2.45) is 0 Å². The molecule has 8 heteroatoms. The molecule has 0 aliphatic carbocycles. The number of benzene rings is 3. The van der Waals surface area contributed by atoms with Crippen LogP contribution in [0.5, 0.6) is 5.75 Å². The summed E-state index contributed by atoms with van der Waals surface area (Å²) in [5.74, 6) is 1.71. The van der Waals surface area contributed by atoms with Crippen molar-refractivity contribution >= 4 is 11.8 Å². The number of rotatable bonds is 6. The van der Waals surface area contributed by atoms with Crippen molar-refractivity contribution in [2.45, 2.75) is 24.0 Å². The molecule has 0 radical (unpaired) electrons. The van der Waals surface area contributed by atoms with Gasteiger partial charge in [-0.25, -0.2) is 0 Å². The van der Waals surface area contributed by atoms with E-state index in [0.29, 0.717) is 22.3 Å². The fourth-order valence-corrected chi connectivity index (χ4v) is 4.20. The van der Waals surface area contributed by atoms with Crippen molar-refractivity contribution in [3.63, 3.8) is 0 Å². The molecule has 3 aromatic carbocycles. The van der Waals surface area contributed by atoms with Crippen LogP contribution in [0.2, 0.25) is 0 Å². The third-order valence-electron chi connectivity index (χ3n) is 4.96. The molecule has 1 aromatic heterocycles. The fraction of sp³-hybridized carbons (Fsp3) is 0.167. The Hall–Kier alpha value is -3.26. The lowest BCUT2D eigenvalue weighted by atomic mass is 10.1. The van der Waals surface area contributed by atoms with Gasteiger partial charge < -0.3 is 4.74 Å². The van der Waals surface area contributed by atoms with Gasteiger partial charge in [0.1, 0.15) is 5.75 Å². The fourth-order valence-electron chi connectivity index (χ4n) is 3.31. The molecular weight excluding hydrogens is 435 g/mol. The summed E-state index contributed by atoms with van der Waals surface area (Å²) in [5.41, 5.74) is 2.70. The molecule has 0 aliphatic rings. The number of halogens is 3. The summed E-state index contributed by atoms with van der Waals surface area (Å²) < 4.78 is 46.4. The van der Waals surface area contributed by atoms with Crippen LogP contribution in [0.1, 0.15) is 16.7 Å². The normalized spacial score (nSPS) is 11.5. The summed E-state index contributed by atoms with van der Waals surface area (Å²) in [6.07, 6.45) is -4.37. The van der Waals surface area contributed by atoms with Gasteiger partial charge >= 0.3 is 6.18 Å². The summed E-state index contributed by atoms with van der Waals surface area (Å²) in [6.45, 7) is 1.99. The maximum Gasteiger partial charge on any atom is 0.416 e. The SMILES string of the molecule is COc1ccc(-c2nnc(SCc3cccc(C(F)(F)F)c3)n2-c2ccccc2C)cc1. The first kappa shape index (κ1) is 22.0. The van der Waals surface area contributed by atoms with Crippen LogP contribution in [0.4, 0.5) is 13.2 Å². The Balaban J connectivity index is 1.71. The van der Waals surface area contributed by atoms with Crippen LogP contribution in [0.15, 0.2) is 78.0 Å². The van der Waals surface area contributed by atoms with Gasteiger partial charge in [-0.1, -0.05) is 48.2 Å². The number of ether oxygens (including phenoxy) is 1. The summed E-state index contributed by atoms with van der Waals surface area (Å²) >= 11 is 1.34. The average Bonchev–Trinajstić information content (AvgIpc) is 3.21. The van der Waals surface area contributed by atoms with E-state index in [1.807, 2.05) is 60.0 Å². The van der Waals surface area contributed by atoms with Gasteiger partial charge in [0.05, 0.1) is 18.4 Å². The second-order valence-electron chi connectivity index (χ2n) is 7.14. The zero-order valence-corrected chi connectivity index (χ0v) is 18.2. The van der Waals surface area contributed by atoms with Gasteiger partial charge in [-0.15, -0.1) is 10.2 Å². The van der Waals surface area contributed by atoms with Gasteiger partial charge in [0.25, 0.3) is 0 Å². The standard InChI is InChI=1S/C24H20F3N3OS/c1-16-6-3-4-9-21(16)30-22(18-10-12-20(31-2)13-11-18)28-29-23(30)32-15-17-7-5-8-19(14-17)24(25,26)27/h3-14H,15H2,1-2H3. The average molecular weight is 456 g/mol. The summed E-state index contributed by atoms with van der Waals surface area (Å²) in [5, 5.41) is 9.36. The monoisotopic (exact) mass is 455 g/mol. The van der Waals surface area contributed by atoms with Gasteiger partial charge in [-0.2, -0.15) is 13.2 Å². The van der Waals surface area contributed by atoms with E-state index in [2.05, 4.69) is 10.2 Å². The van der Waals surface area contributed by atoms with E-state index in [1.54, 1.807) is 13.2 Å². The largest absolute Gasteiger partial charge is 0.497 e. The van der Waals surface area contributed by atoms with Crippen LogP contribution in [0.25, 0.3) is 17.1 Å². The zero-order chi connectivity index (χ0) is 22.7. The molecule has 4 nitrogen and oxygen atoms in total. The Labute approximate surface area is 188 Å². The number of alkyl halides is 3. The van der Waals surface area contributed by atoms with Crippen LogP contribution in [-0.4, -0.2) is 21.9 Å². The number of thioether (sulfide) groups is 1. The number of methoxy groups -OCH3 is 1. The lowest BCUT2D eigenvalue weighted by Gasteiger charge is -2.13. The van der Waals surface area contributed by atoms with Crippen molar-refractivity contribution < 1.29 is 17.9 Å². The van der Waals surface area contributed by atoms with E-state index in [9.17, 15) is 13.2 Å². The van der Waals surface area contributed by atoms with Crippen molar-refractivity contribution in [3.05, 3.63) is 89.5 Å². The Morgan fingerprint density at radius 1 is 0.938 bits per heavy atom. The van der Waals surface area contributed by atoms with E-state index in [-0.39, 0.29) is 0 Å². The molecule has 0 N–H and O–H groups in total. The molecule has 0 unspecified atom stereocenters. The van der Waals surface area contributed by atoms with Crippen molar-refractivity contribution in [2.75, 3.05) is 7.11 Å². The Bertz CT molecular complexity index is 1220.